The summed E-state index contributed by atoms with van der Waals surface area (Å²) in [4.78, 5) is 10.1. The van der Waals surface area contributed by atoms with Crippen LogP contribution in [-0.4, -0.2) is 14.5 Å². The third-order valence-corrected chi connectivity index (χ3v) is 9.66. The molecule has 10 rings (SSSR count). The van der Waals surface area contributed by atoms with Gasteiger partial charge in [-0.25, -0.2) is 9.97 Å². The van der Waals surface area contributed by atoms with Gasteiger partial charge in [0, 0.05) is 27.4 Å². The van der Waals surface area contributed by atoms with Crippen LogP contribution in [0, 0.1) is 0 Å². The lowest BCUT2D eigenvalue weighted by molar-refractivity contribution is 0.664. The van der Waals surface area contributed by atoms with Gasteiger partial charge in [0.25, 0.3) is 0 Å². The number of rotatable bonds is 4. The Morgan fingerprint density at radius 2 is 1.29 bits per heavy atom. The third-order valence-electron chi connectivity index (χ3n) is 9.66. The quantitative estimate of drug-likeness (QED) is 0.198. The molecule has 0 atom stereocenters. The van der Waals surface area contributed by atoms with Crippen LogP contribution in [0.4, 0.5) is 0 Å². The smallest absolute Gasteiger partial charge is 0.179 e. The maximum absolute atomic E-state index is 6.61. The first-order chi connectivity index (χ1) is 23.8. The molecule has 0 bridgehead atoms. The minimum Gasteiger partial charge on any atom is -0.452 e. The highest BCUT2D eigenvalue weighted by atomic mass is 16.3. The van der Waals surface area contributed by atoms with Crippen molar-refractivity contribution in [2.75, 3.05) is 0 Å². The van der Waals surface area contributed by atoms with Crippen LogP contribution in [0.5, 0.6) is 0 Å². The second-order valence-electron chi connectivity index (χ2n) is 12.5. The van der Waals surface area contributed by atoms with E-state index in [0.29, 0.717) is 0 Å². The summed E-state index contributed by atoms with van der Waals surface area (Å²) in [6.45, 7) is 0. The normalized spacial score (nSPS) is 13.3. The molecule has 0 aliphatic heterocycles. The van der Waals surface area contributed by atoms with Crippen LogP contribution in [0.25, 0.3) is 88.4 Å². The van der Waals surface area contributed by atoms with Gasteiger partial charge in [0.15, 0.2) is 11.4 Å². The molecule has 1 aliphatic rings. The Labute approximate surface area is 276 Å². The number of furan rings is 1. The maximum atomic E-state index is 6.61. The minimum atomic E-state index is 0.718. The zero-order valence-corrected chi connectivity index (χ0v) is 26.1. The van der Waals surface area contributed by atoms with Crippen molar-refractivity contribution in [3.8, 4) is 28.2 Å². The summed E-state index contributed by atoms with van der Waals surface area (Å²) in [5, 5.41) is 5.93. The fourth-order valence-electron chi connectivity index (χ4n) is 7.31. The molecule has 226 valence electrons. The number of nitrogens with zero attached hydrogens (tertiary/aromatic N) is 3. The molecule has 9 aromatic rings. The Bertz CT molecular complexity index is 2730. The second kappa shape index (κ2) is 10.6. The van der Waals surface area contributed by atoms with E-state index in [1.165, 1.54) is 38.2 Å². The Morgan fingerprint density at radius 3 is 2.08 bits per heavy atom. The predicted molar refractivity (Wildman–Crippen MR) is 198 cm³/mol. The maximum Gasteiger partial charge on any atom is 0.179 e. The summed E-state index contributed by atoms with van der Waals surface area (Å²) in [6, 6.07) is 47.4. The van der Waals surface area contributed by atoms with Gasteiger partial charge in [-0.3, -0.25) is 0 Å². The van der Waals surface area contributed by atoms with Crippen molar-refractivity contribution in [2.45, 2.75) is 12.8 Å². The van der Waals surface area contributed by atoms with E-state index in [-0.39, 0.29) is 0 Å². The Morgan fingerprint density at radius 1 is 0.583 bits per heavy atom. The van der Waals surface area contributed by atoms with E-state index in [9.17, 15) is 0 Å². The number of hydrogen-bond donors (Lipinski definition) is 0. The lowest BCUT2D eigenvalue weighted by Crippen LogP contribution is -1.98. The van der Waals surface area contributed by atoms with E-state index in [0.717, 1.165) is 68.8 Å². The van der Waals surface area contributed by atoms with Gasteiger partial charge in [-0.1, -0.05) is 109 Å². The standard InChI is InChI=1S/C44H29N3O/c1-3-11-28(12-4-1)41-43-42(46-44(45-41)29-13-5-2-6-14-29)37-24-22-33(27-40(37)48-43)30-19-20-32-26-34(23-21-31(32)25-30)47-38-17-9-7-15-35(38)36-16-8-10-18-39(36)47/h1-3,5-11,13-27H,4,12H2. The van der Waals surface area contributed by atoms with Gasteiger partial charge >= 0.3 is 0 Å². The minimum absolute atomic E-state index is 0.718. The summed E-state index contributed by atoms with van der Waals surface area (Å²) in [7, 11) is 0. The number of fused-ring (bicyclic) bond motifs is 7. The van der Waals surface area contributed by atoms with Crippen LogP contribution in [-0.2, 0) is 0 Å². The van der Waals surface area contributed by atoms with E-state index in [4.69, 9.17) is 14.4 Å². The molecule has 1 aliphatic carbocycles. The van der Waals surface area contributed by atoms with Crippen molar-refractivity contribution in [2.24, 2.45) is 0 Å². The van der Waals surface area contributed by atoms with Gasteiger partial charge in [-0.05, 0) is 82.8 Å². The highest BCUT2D eigenvalue weighted by molar-refractivity contribution is 6.10. The molecule has 0 saturated carbocycles. The van der Waals surface area contributed by atoms with Crippen molar-refractivity contribution in [3.63, 3.8) is 0 Å². The molecule has 0 unspecified atom stereocenters. The SMILES string of the molecule is C1=CCCC(c2nc(-c3ccccc3)nc3c2oc2cc(-c4ccc5cc(-n6c7ccccc7c7ccccc76)ccc5c4)ccc23)=C1. The average Bonchev–Trinajstić information content (AvgIpc) is 3.70. The van der Waals surface area contributed by atoms with Crippen LogP contribution in [0.2, 0.25) is 0 Å². The van der Waals surface area contributed by atoms with Crippen molar-refractivity contribution >= 4 is 60.2 Å². The third kappa shape index (κ3) is 4.23. The molecule has 0 N–H and O–H groups in total. The zero-order chi connectivity index (χ0) is 31.6. The molecular weight excluding hydrogens is 587 g/mol. The van der Waals surface area contributed by atoms with Crippen molar-refractivity contribution in [1.82, 2.24) is 14.5 Å². The first-order valence-corrected chi connectivity index (χ1v) is 16.5. The topological polar surface area (TPSA) is 43.9 Å². The van der Waals surface area contributed by atoms with Gasteiger partial charge < -0.3 is 8.98 Å². The van der Waals surface area contributed by atoms with Gasteiger partial charge in [0.05, 0.1) is 11.0 Å². The van der Waals surface area contributed by atoms with Crippen LogP contribution in [0.15, 0.2) is 156 Å². The molecule has 4 heteroatoms. The first-order valence-electron chi connectivity index (χ1n) is 16.5. The summed E-state index contributed by atoms with van der Waals surface area (Å²) in [5.41, 5.74) is 11.3. The fraction of sp³-hybridized carbons (Fsp3) is 0.0455. The Hall–Kier alpha value is -6.26. The van der Waals surface area contributed by atoms with Crippen LogP contribution in [0.1, 0.15) is 18.5 Å². The van der Waals surface area contributed by atoms with Gasteiger partial charge in [0.1, 0.15) is 16.8 Å². The van der Waals surface area contributed by atoms with E-state index in [1.54, 1.807) is 0 Å². The number of allylic oxidation sites excluding steroid dienone is 4. The summed E-state index contributed by atoms with van der Waals surface area (Å²) in [6.07, 6.45) is 8.38. The Kier molecular flexibility index (Phi) is 5.97. The predicted octanol–water partition coefficient (Wildman–Crippen LogP) is 11.7. The van der Waals surface area contributed by atoms with Crippen LogP contribution in [0.3, 0.4) is 0 Å². The molecular formula is C44H29N3O. The van der Waals surface area contributed by atoms with Gasteiger partial charge in [-0.2, -0.15) is 0 Å². The Balaban J connectivity index is 1.08. The van der Waals surface area contributed by atoms with Crippen LogP contribution < -0.4 is 0 Å². The molecule has 3 heterocycles. The molecule has 48 heavy (non-hydrogen) atoms. The largest absolute Gasteiger partial charge is 0.452 e. The lowest BCUT2D eigenvalue weighted by atomic mass is 9.99. The monoisotopic (exact) mass is 615 g/mol. The highest BCUT2D eigenvalue weighted by Crippen LogP contribution is 2.38. The number of aromatic nitrogens is 3. The van der Waals surface area contributed by atoms with Gasteiger partial charge in [-0.15, -0.1) is 0 Å². The molecule has 0 fully saturated rings. The van der Waals surface area contributed by atoms with E-state index < -0.39 is 0 Å². The summed E-state index contributed by atoms with van der Waals surface area (Å²) >= 11 is 0. The molecule has 0 spiro atoms. The number of benzene rings is 6. The second-order valence-corrected chi connectivity index (χ2v) is 12.5. The van der Waals surface area contributed by atoms with Crippen molar-refractivity contribution in [3.05, 3.63) is 157 Å². The fourth-order valence-corrected chi connectivity index (χ4v) is 7.31. The molecule has 0 amide bonds. The average molecular weight is 616 g/mol. The van der Waals surface area contributed by atoms with E-state index >= 15 is 0 Å². The van der Waals surface area contributed by atoms with Gasteiger partial charge in [0.2, 0.25) is 0 Å². The molecule has 4 nitrogen and oxygen atoms in total. The summed E-state index contributed by atoms with van der Waals surface area (Å²) in [5.74, 6) is 0.718. The molecule has 6 aromatic carbocycles. The molecule has 3 aromatic heterocycles. The van der Waals surface area contributed by atoms with Crippen molar-refractivity contribution in [1.29, 1.82) is 0 Å². The van der Waals surface area contributed by atoms with Crippen molar-refractivity contribution < 1.29 is 4.42 Å². The van der Waals surface area contributed by atoms with E-state index in [1.807, 2.05) is 18.2 Å². The zero-order valence-electron chi connectivity index (χ0n) is 26.1. The number of para-hydroxylation sites is 2. The lowest BCUT2D eigenvalue weighted by Gasteiger charge is -2.10. The van der Waals surface area contributed by atoms with Crippen LogP contribution >= 0.6 is 0 Å². The summed E-state index contributed by atoms with van der Waals surface area (Å²) < 4.78 is 8.98. The molecule has 0 radical (unpaired) electrons. The highest BCUT2D eigenvalue weighted by Gasteiger charge is 2.20. The molecule has 0 saturated heterocycles. The van der Waals surface area contributed by atoms with E-state index in [2.05, 4.69) is 138 Å². The first kappa shape index (κ1) is 26.9. The number of hydrogen-bond acceptors (Lipinski definition) is 3.